The lowest BCUT2D eigenvalue weighted by Crippen LogP contribution is -2.21. The zero-order valence-corrected chi connectivity index (χ0v) is 12.9. The summed E-state index contributed by atoms with van der Waals surface area (Å²) in [5.41, 5.74) is 6.98. The molecule has 2 N–H and O–H groups in total. The van der Waals surface area contributed by atoms with Crippen LogP contribution in [0.25, 0.3) is 0 Å². The molecule has 0 radical (unpaired) electrons. The highest BCUT2D eigenvalue weighted by atomic mass is 32.1. The van der Waals surface area contributed by atoms with Crippen molar-refractivity contribution in [1.82, 2.24) is 4.90 Å². The van der Waals surface area contributed by atoms with Crippen LogP contribution in [-0.4, -0.2) is 18.0 Å². The van der Waals surface area contributed by atoms with Gasteiger partial charge < -0.3 is 5.73 Å². The van der Waals surface area contributed by atoms with Crippen molar-refractivity contribution in [2.75, 3.05) is 13.1 Å². The highest BCUT2D eigenvalue weighted by molar-refractivity contribution is 7.09. The molecular formula is C17H19FN2S. The third-order valence-corrected chi connectivity index (χ3v) is 3.97. The fourth-order valence-corrected chi connectivity index (χ4v) is 2.87. The van der Waals surface area contributed by atoms with Crippen LogP contribution in [-0.2, 0) is 13.1 Å². The minimum Gasteiger partial charge on any atom is -0.320 e. The fourth-order valence-electron chi connectivity index (χ4n) is 2.13. The quantitative estimate of drug-likeness (QED) is 0.859. The van der Waals surface area contributed by atoms with Gasteiger partial charge in [-0.15, -0.1) is 11.3 Å². The Morgan fingerprint density at radius 2 is 2.14 bits per heavy atom. The molecule has 1 aromatic heterocycles. The van der Waals surface area contributed by atoms with Gasteiger partial charge in [0.2, 0.25) is 0 Å². The van der Waals surface area contributed by atoms with Crippen molar-refractivity contribution in [1.29, 1.82) is 0 Å². The molecular weight excluding hydrogens is 283 g/mol. The number of hydrogen-bond acceptors (Lipinski definition) is 3. The number of rotatable bonds is 5. The maximum atomic E-state index is 13.7. The van der Waals surface area contributed by atoms with Crippen LogP contribution in [0.2, 0.25) is 0 Å². The first-order chi connectivity index (χ1) is 10.2. The molecule has 0 aliphatic rings. The summed E-state index contributed by atoms with van der Waals surface area (Å²) in [6.45, 7) is 4.91. The Hall–Kier alpha value is -1.67. The van der Waals surface area contributed by atoms with E-state index >= 15 is 0 Å². The van der Waals surface area contributed by atoms with Crippen molar-refractivity contribution in [3.63, 3.8) is 0 Å². The molecule has 21 heavy (non-hydrogen) atoms. The van der Waals surface area contributed by atoms with Gasteiger partial charge in [0.05, 0.1) is 6.54 Å². The first-order valence-electron chi connectivity index (χ1n) is 6.94. The van der Waals surface area contributed by atoms with E-state index in [0.717, 1.165) is 18.7 Å². The van der Waals surface area contributed by atoms with Crippen molar-refractivity contribution >= 4 is 11.3 Å². The lowest BCUT2D eigenvalue weighted by atomic mass is 10.1. The second-order valence-electron chi connectivity index (χ2n) is 4.74. The predicted octanol–water partition coefficient (Wildman–Crippen LogP) is 3.22. The van der Waals surface area contributed by atoms with E-state index in [1.165, 1.54) is 10.9 Å². The molecule has 1 heterocycles. The standard InChI is InChI=1S/C17H19FN2S/c1-2-20(13-17-6-4-8-21-17)12-15-9-14(5-3-7-19)10-16(18)11-15/h4,6,8-11H,2,7,12-13,19H2,1H3. The van der Waals surface area contributed by atoms with E-state index in [1.807, 2.05) is 6.07 Å². The Balaban J connectivity index is 2.11. The molecule has 0 atom stereocenters. The monoisotopic (exact) mass is 302 g/mol. The summed E-state index contributed by atoms with van der Waals surface area (Å²) in [4.78, 5) is 3.59. The molecule has 1 aromatic carbocycles. The summed E-state index contributed by atoms with van der Waals surface area (Å²) in [6, 6.07) is 9.13. The van der Waals surface area contributed by atoms with Crippen LogP contribution in [0.3, 0.4) is 0 Å². The number of hydrogen-bond donors (Lipinski definition) is 1. The van der Waals surface area contributed by atoms with Crippen LogP contribution in [0.5, 0.6) is 0 Å². The molecule has 0 aliphatic carbocycles. The maximum absolute atomic E-state index is 13.7. The molecule has 0 saturated carbocycles. The fraction of sp³-hybridized carbons (Fsp3) is 0.294. The zero-order valence-electron chi connectivity index (χ0n) is 12.1. The van der Waals surface area contributed by atoms with Crippen LogP contribution in [0.1, 0.15) is 22.9 Å². The largest absolute Gasteiger partial charge is 0.320 e. The van der Waals surface area contributed by atoms with Gasteiger partial charge in [0, 0.05) is 23.5 Å². The normalized spacial score (nSPS) is 10.5. The van der Waals surface area contributed by atoms with E-state index in [-0.39, 0.29) is 12.4 Å². The van der Waals surface area contributed by atoms with Crippen molar-refractivity contribution in [2.45, 2.75) is 20.0 Å². The zero-order chi connectivity index (χ0) is 15.1. The molecule has 4 heteroatoms. The molecule has 2 nitrogen and oxygen atoms in total. The van der Waals surface area contributed by atoms with E-state index in [2.05, 4.69) is 41.2 Å². The smallest absolute Gasteiger partial charge is 0.124 e. The van der Waals surface area contributed by atoms with Gasteiger partial charge in [-0.3, -0.25) is 4.90 Å². The molecule has 0 amide bonds. The summed E-state index contributed by atoms with van der Waals surface area (Å²) in [6.07, 6.45) is 0. The Bertz CT molecular complexity index is 626. The third kappa shape index (κ3) is 4.98. The van der Waals surface area contributed by atoms with Crippen molar-refractivity contribution in [2.24, 2.45) is 5.73 Å². The lowest BCUT2D eigenvalue weighted by molar-refractivity contribution is 0.273. The van der Waals surface area contributed by atoms with Crippen molar-refractivity contribution in [3.8, 4) is 11.8 Å². The van der Waals surface area contributed by atoms with Gasteiger partial charge in [0.25, 0.3) is 0 Å². The first kappa shape index (κ1) is 15.7. The minimum atomic E-state index is -0.249. The summed E-state index contributed by atoms with van der Waals surface area (Å²) in [5.74, 6) is 5.40. The molecule has 2 aromatic rings. The summed E-state index contributed by atoms with van der Waals surface area (Å²) < 4.78 is 13.7. The van der Waals surface area contributed by atoms with E-state index in [0.29, 0.717) is 12.1 Å². The highest BCUT2D eigenvalue weighted by Crippen LogP contribution is 2.16. The van der Waals surface area contributed by atoms with Gasteiger partial charge in [-0.1, -0.05) is 24.8 Å². The van der Waals surface area contributed by atoms with E-state index in [9.17, 15) is 4.39 Å². The average molecular weight is 302 g/mol. The van der Waals surface area contributed by atoms with E-state index in [4.69, 9.17) is 5.73 Å². The molecule has 0 fully saturated rings. The van der Waals surface area contributed by atoms with Gasteiger partial charge in [0.15, 0.2) is 0 Å². The average Bonchev–Trinajstić information content (AvgIpc) is 2.96. The van der Waals surface area contributed by atoms with E-state index < -0.39 is 0 Å². The van der Waals surface area contributed by atoms with Gasteiger partial charge in [0.1, 0.15) is 5.82 Å². The van der Waals surface area contributed by atoms with Gasteiger partial charge in [-0.05, 0) is 41.8 Å². The Labute approximate surface area is 129 Å². The molecule has 0 aliphatic heterocycles. The Morgan fingerprint density at radius 1 is 1.29 bits per heavy atom. The Kier molecular flexibility index (Phi) is 5.94. The van der Waals surface area contributed by atoms with Gasteiger partial charge >= 0.3 is 0 Å². The molecule has 2 rings (SSSR count). The number of thiophene rings is 1. The van der Waals surface area contributed by atoms with Crippen LogP contribution in [0, 0.1) is 17.7 Å². The maximum Gasteiger partial charge on any atom is 0.124 e. The summed E-state index contributed by atoms with van der Waals surface area (Å²) >= 11 is 1.74. The molecule has 0 unspecified atom stereocenters. The van der Waals surface area contributed by atoms with Crippen LogP contribution >= 0.6 is 11.3 Å². The van der Waals surface area contributed by atoms with Crippen LogP contribution in [0.4, 0.5) is 4.39 Å². The second-order valence-corrected chi connectivity index (χ2v) is 5.77. The first-order valence-corrected chi connectivity index (χ1v) is 7.82. The van der Waals surface area contributed by atoms with Crippen LogP contribution < -0.4 is 5.73 Å². The van der Waals surface area contributed by atoms with E-state index in [1.54, 1.807) is 17.4 Å². The Morgan fingerprint density at radius 3 is 2.81 bits per heavy atom. The molecule has 0 saturated heterocycles. The summed E-state index contributed by atoms with van der Waals surface area (Å²) in [5, 5.41) is 2.08. The van der Waals surface area contributed by atoms with Crippen molar-refractivity contribution in [3.05, 3.63) is 57.5 Å². The van der Waals surface area contributed by atoms with Gasteiger partial charge in [-0.2, -0.15) is 0 Å². The predicted molar refractivity (Wildman–Crippen MR) is 86.4 cm³/mol. The number of nitrogens with zero attached hydrogens (tertiary/aromatic N) is 1. The highest BCUT2D eigenvalue weighted by Gasteiger charge is 2.07. The molecule has 0 spiro atoms. The van der Waals surface area contributed by atoms with Crippen LogP contribution in [0.15, 0.2) is 35.7 Å². The van der Waals surface area contributed by atoms with Crippen molar-refractivity contribution < 1.29 is 4.39 Å². The number of nitrogens with two attached hydrogens (primary N) is 1. The number of benzene rings is 1. The SMILES string of the molecule is CCN(Cc1cc(F)cc(C#CCN)c1)Cc1cccs1. The minimum absolute atomic E-state index is 0.249. The topological polar surface area (TPSA) is 29.3 Å². The second kappa shape index (κ2) is 7.94. The lowest BCUT2D eigenvalue weighted by Gasteiger charge is -2.19. The summed E-state index contributed by atoms with van der Waals surface area (Å²) in [7, 11) is 0. The molecule has 0 bridgehead atoms. The number of halogens is 1. The van der Waals surface area contributed by atoms with Gasteiger partial charge in [-0.25, -0.2) is 4.39 Å². The molecule has 110 valence electrons. The third-order valence-electron chi connectivity index (χ3n) is 3.11.